The zero-order chi connectivity index (χ0) is 18.1. The number of hydrogen-bond donors (Lipinski definition) is 0. The molecule has 8 heteroatoms. The second-order valence-corrected chi connectivity index (χ2v) is 6.20. The Morgan fingerprint density at radius 1 is 1.35 bits per heavy atom. The highest BCUT2D eigenvalue weighted by Gasteiger charge is 2.36. The van der Waals surface area contributed by atoms with Crippen LogP contribution in [0.15, 0.2) is 33.3 Å². The maximum Gasteiger partial charge on any atom is 0.292 e. The standard InChI is InChI=1S/C18H19N5O3/c1-3-14-20-11(2)15(25-14)18(24)23-10-6-8-13(23)17-21-16(22-26-17)12-7-4-5-9-19-12/h4-5,7,9,13H,3,6,8,10H2,1-2H3/t13-/m0/s1. The van der Waals surface area contributed by atoms with Crippen LogP contribution in [-0.2, 0) is 6.42 Å². The maximum absolute atomic E-state index is 12.9. The normalized spacial score (nSPS) is 17.0. The van der Waals surface area contributed by atoms with Crippen LogP contribution in [0, 0.1) is 6.92 Å². The third-order valence-electron chi connectivity index (χ3n) is 4.47. The number of aromatic nitrogens is 4. The number of nitrogens with zero attached hydrogens (tertiary/aromatic N) is 5. The maximum atomic E-state index is 12.9. The summed E-state index contributed by atoms with van der Waals surface area (Å²) >= 11 is 0. The number of oxazole rings is 1. The molecule has 1 aliphatic heterocycles. The van der Waals surface area contributed by atoms with E-state index in [1.54, 1.807) is 18.0 Å². The van der Waals surface area contributed by atoms with Gasteiger partial charge in [-0.15, -0.1) is 0 Å². The number of likely N-dealkylation sites (tertiary alicyclic amines) is 1. The Hall–Kier alpha value is -3.03. The van der Waals surface area contributed by atoms with Crippen molar-refractivity contribution in [3.63, 3.8) is 0 Å². The van der Waals surface area contributed by atoms with Gasteiger partial charge in [-0.05, 0) is 31.9 Å². The molecule has 4 heterocycles. The van der Waals surface area contributed by atoms with Crippen molar-refractivity contribution in [3.05, 3.63) is 47.6 Å². The molecule has 0 spiro atoms. The molecule has 1 aliphatic rings. The van der Waals surface area contributed by atoms with Gasteiger partial charge in [-0.1, -0.05) is 18.1 Å². The number of carbonyl (C=O) groups is 1. The molecule has 0 radical (unpaired) electrons. The highest BCUT2D eigenvalue weighted by molar-refractivity contribution is 5.92. The van der Waals surface area contributed by atoms with Gasteiger partial charge in [0.15, 0.2) is 5.89 Å². The van der Waals surface area contributed by atoms with Gasteiger partial charge in [0, 0.05) is 19.2 Å². The van der Waals surface area contributed by atoms with E-state index in [1.807, 2.05) is 25.1 Å². The summed E-state index contributed by atoms with van der Waals surface area (Å²) in [6.45, 7) is 4.34. The van der Waals surface area contributed by atoms with E-state index in [1.165, 1.54) is 0 Å². The van der Waals surface area contributed by atoms with E-state index in [0.717, 1.165) is 12.8 Å². The van der Waals surface area contributed by atoms with E-state index in [2.05, 4.69) is 20.1 Å². The zero-order valence-corrected chi connectivity index (χ0v) is 14.7. The van der Waals surface area contributed by atoms with Crippen molar-refractivity contribution in [2.75, 3.05) is 6.54 Å². The van der Waals surface area contributed by atoms with Gasteiger partial charge in [-0.2, -0.15) is 4.98 Å². The molecule has 1 amide bonds. The van der Waals surface area contributed by atoms with Crippen LogP contribution >= 0.6 is 0 Å². The van der Waals surface area contributed by atoms with E-state index in [9.17, 15) is 4.79 Å². The van der Waals surface area contributed by atoms with Crippen molar-refractivity contribution >= 4 is 5.91 Å². The monoisotopic (exact) mass is 353 g/mol. The van der Waals surface area contributed by atoms with Gasteiger partial charge in [-0.3, -0.25) is 9.78 Å². The van der Waals surface area contributed by atoms with Crippen LogP contribution in [0.1, 0.15) is 53.8 Å². The fourth-order valence-electron chi connectivity index (χ4n) is 3.17. The molecule has 0 saturated carbocycles. The van der Waals surface area contributed by atoms with E-state index in [0.29, 0.717) is 47.7 Å². The Bertz CT molecular complexity index is 918. The van der Waals surface area contributed by atoms with Crippen LogP contribution < -0.4 is 0 Å². The van der Waals surface area contributed by atoms with Crippen molar-refractivity contribution in [1.29, 1.82) is 0 Å². The third-order valence-corrected chi connectivity index (χ3v) is 4.47. The predicted molar refractivity (Wildman–Crippen MR) is 91.2 cm³/mol. The second kappa shape index (κ2) is 6.70. The fraction of sp³-hybridized carbons (Fsp3) is 0.389. The summed E-state index contributed by atoms with van der Waals surface area (Å²) in [6, 6.07) is 5.24. The van der Waals surface area contributed by atoms with Gasteiger partial charge in [0.1, 0.15) is 11.7 Å². The van der Waals surface area contributed by atoms with Gasteiger partial charge < -0.3 is 13.8 Å². The van der Waals surface area contributed by atoms with Crippen LogP contribution in [0.2, 0.25) is 0 Å². The van der Waals surface area contributed by atoms with Gasteiger partial charge in [0.2, 0.25) is 17.5 Å². The first-order valence-corrected chi connectivity index (χ1v) is 8.69. The fourth-order valence-corrected chi connectivity index (χ4v) is 3.17. The van der Waals surface area contributed by atoms with Crippen LogP contribution in [0.4, 0.5) is 0 Å². The lowest BCUT2D eigenvalue weighted by atomic mass is 10.2. The molecule has 0 aliphatic carbocycles. The number of aryl methyl sites for hydroxylation is 2. The van der Waals surface area contributed by atoms with Crippen LogP contribution in [0.25, 0.3) is 11.5 Å². The summed E-state index contributed by atoms with van der Waals surface area (Å²) in [6.07, 6.45) is 3.96. The van der Waals surface area contributed by atoms with Crippen molar-refractivity contribution in [3.8, 4) is 11.5 Å². The molecule has 4 rings (SSSR count). The Labute approximate surface area is 150 Å². The molecule has 1 fully saturated rings. The molecule has 8 nitrogen and oxygen atoms in total. The quantitative estimate of drug-likeness (QED) is 0.711. The summed E-state index contributed by atoms with van der Waals surface area (Å²) in [5.41, 5.74) is 1.24. The van der Waals surface area contributed by atoms with Crippen molar-refractivity contribution in [2.45, 2.75) is 39.2 Å². The molecule has 134 valence electrons. The number of hydrogen-bond acceptors (Lipinski definition) is 7. The largest absolute Gasteiger partial charge is 0.435 e. The Morgan fingerprint density at radius 3 is 2.96 bits per heavy atom. The van der Waals surface area contributed by atoms with Gasteiger partial charge >= 0.3 is 0 Å². The first kappa shape index (κ1) is 16.4. The molecular weight excluding hydrogens is 334 g/mol. The van der Waals surface area contributed by atoms with Crippen LogP contribution in [-0.4, -0.2) is 37.5 Å². The average molecular weight is 353 g/mol. The molecule has 0 aromatic carbocycles. The Kier molecular flexibility index (Phi) is 4.24. The van der Waals surface area contributed by atoms with Crippen molar-refractivity contribution in [2.24, 2.45) is 0 Å². The lowest BCUT2D eigenvalue weighted by molar-refractivity contribution is 0.0675. The van der Waals surface area contributed by atoms with E-state index in [4.69, 9.17) is 8.94 Å². The highest BCUT2D eigenvalue weighted by atomic mass is 16.5. The summed E-state index contributed by atoms with van der Waals surface area (Å²) in [5, 5.41) is 4.01. The topological polar surface area (TPSA) is 98.2 Å². The number of amides is 1. The van der Waals surface area contributed by atoms with Crippen LogP contribution in [0.3, 0.4) is 0 Å². The first-order chi connectivity index (χ1) is 12.7. The van der Waals surface area contributed by atoms with E-state index in [-0.39, 0.29) is 11.9 Å². The SMILES string of the molecule is CCc1nc(C)c(C(=O)N2CCC[C@H]2c2nc(-c3ccccn3)no2)o1. The molecule has 0 bridgehead atoms. The Morgan fingerprint density at radius 2 is 2.23 bits per heavy atom. The van der Waals surface area contributed by atoms with Gasteiger partial charge in [0.05, 0.1) is 5.69 Å². The van der Waals surface area contributed by atoms with Crippen LogP contribution in [0.5, 0.6) is 0 Å². The molecule has 0 unspecified atom stereocenters. The summed E-state index contributed by atoms with van der Waals surface area (Å²) < 4.78 is 11.1. The smallest absolute Gasteiger partial charge is 0.292 e. The van der Waals surface area contributed by atoms with Gasteiger partial charge in [0.25, 0.3) is 5.91 Å². The number of carbonyl (C=O) groups excluding carboxylic acids is 1. The molecule has 3 aromatic rings. The molecule has 0 N–H and O–H groups in total. The Balaban J connectivity index is 1.60. The highest BCUT2D eigenvalue weighted by Crippen LogP contribution is 2.33. The summed E-state index contributed by atoms with van der Waals surface area (Å²) in [5.74, 6) is 1.51. The number of rotatable bonds is 4. The van der Waals surface area contributed by atoms with Crippen molar-refractivity contribution in [1.82, 2.24) is 25.0 Å². The minimum atomic E-state index is -0.262. The molecule has 1 atom stereocenters. The average Bonchev–Trinajstić information content (AvgIpc) is 3.40. The molecule has 3 aromatic heterocycles. The number of pyridine rings is 1. The molecule has 26 heavy (non-hydrogen) atoms. The minimum absolute atomic E-state index is 0.185. The van der Waals surface area contributed by atoms with E-state index >= 15 is 0 Å². The lowest BCUT2D eigenvalue weighted by Gasteiger charge is -2.20. The minimum Gasteiger partial charge on any atom is -0.435 e. The molecular formula is C18H19N5O3. The summed E-state index contributed by atoms with van der Waals surface area (Å²) in [4.78, 5) is 27.6. The lowest BCUT2D eigenvalue weighted by Crippen LogP contribution is -2.31. The van der Waals surface area contributed by atoms with E-state index < -0.39 is 0 Å². The van der Waals surface area contributed by atoms with Gasteiger partial charge in [-0.25, -0.2) is 4.98 Å². The summed E-state index contributed by atoms with van der Waals surface area (Å²) in [7, 11) is 0. The van der Waals surface area contributed by atoms with Crippen molar-refractivity contribution < 1.29 is 13.7 Å². The zero-order valence-electron chi connectivity index (χ0n) is 14.7. The molecule has 1 saturated heterocycles. The first-order valence-electron chi connectivity index (χ1n) is 8.69. The second-order valence-electron chi connectivity index (χ2n) is 6.20. The predicted octanol–water partition coefficient (Wildman–Crippen LogP) is 2.97. The third kappa shape index (κ3) is 2.87.